The zero-order chi connectivity index (χ0) is 13.7. The lowest BCUT2D eigenvalue weighted by Gasteiger charge is -2.05. The first-order valence-corrected chi connectivity index (χ1v) is 6.02. The highest BCUT2D eigenvalue weighted by molar-refractivity contribution is 5.32. The molecule has 5 nitrogen and oxygen atoms in total. The van der Waals surface area contributed by atoms with Gasteiger partial charge < -0.3 is 5.32 Å². The fourth-order valence-corrected chi connectivity index (χ4v) is 1.77. The van der Waals surface area contributed by atoms with Crippen molar-refractivity contribution in [3.8, 4) is 0 Å². The van der Waals surface area contributed by atoms with Crippen LogP contribution in [0.1, 0.15) is 17.0 Å². The summed E-state index contributed by atoms with van der Waals surface area (Å²) in [5.74, 6) is 0. The molecular weight excluding hydrogens is 242 g/mol. The molecule has 0 unspecified atom stereocenters. The summed E-state index contributed by atoms with van der Waals surface area (Å²) in [4.78, 5) is 14.5. The maximum Gasteiger partial charge on any atom is 0.269 e. The Hall–Kier alpha value is -2.27. The topological polar surface area (TPSA) is 68.1 Å². The Labute approximate surface area is 111 Å². The van der Waals surface area contributed by atoms with Crippen molar-refractivity contribution in [2.75, 3.05) is 0 Å². The van der Waals surface area contributed by atoms with Gasteiger partial charge in [0.2, 0.25) is 0 Å². The van der Waals surface area contributed by atoms with Gasteiger partial charge in [0.1, 0.15) is 0 Å². The maximum absolute atomic E-state index is 10.5. The second-order valence-corrected chi connectivity index (χ2v) is 4.30. The average Bonchev–Trinajstić information content (AvgIpc) is 2.39. The minimum atomic E-state index is -0.395. The highest BCUT2D eigenvalue weighted by Crippen LogP contribution is 2.11. The van der Waals surface area contributed by atoms with Gasteiger partial charge in [-0.15, -0.1) is 0 Å². The Morgan fingerprint density at radius 3 is 2.53 bits per heavy atom. The minimum Gasteiger partial charge on any atom is -0.307 e. The van der Waals surface area contributed by atoms with Gasteiger partial charge in [-0.25, -0.2) is 0 Å². The number of nitro benzene ring substituents is 1. The molecule has 0 bridgehead atoms. The van der Waals surface area contributed by atoms with Crippen LogP contribution < -0.4 is 5.32 Å². The third-order valence-corrected chi connectivity index (χ3v) is 2.73. The molecule has 2 aromatic rings. The first-order chi connectivity index (χ1) is 9.15. The summed E-state index contributed by atoms with van der Waals surface area (Å²) < 4.78 is 0. The van der Waals surface area contributed by atoms with Gasteiger partial charge in [0, 0.05) is 30.9 Å². The van der Waals surface area contributed by atoms with E-state index in [-0.39, 0.29) is 5.69 Å². The highest BCUT2D eigenvalue weighted by Gasteiger charge is 2.03. The second-order valence-electron chi connectivity index (χ2n) is 4.30. The number of non-ortho nitro benzene ring substituents is 1. The summed E-state index contributed by atoms with van der Waals surface area (Å²) in [7, 11) is 0. The van der Waals surface area contributed by atoms with E-state index in [2.05, 4.69) is 10.3 Å². The van der Waals surface area contributed by atoms with Crippen LogP contribution in [0.3, 0.4) is 0 Å². The van der Waals surface area contributed by atoms with Crippen LogP contribution in [0, 0.1) is 17.0 Å². The fourth-order valence-electron chi connectivity index (χ4n) is 1.77. The van der Waals surface area contributed by atoms with E-state index < -0.39 is 4.92 Å². The highest BCUT2D eigenvalue weighted by atomic mass is 16.6. The van der Waals surface area contributed by atoms with Crippen molar-refractivity contribution in [1.29, 1.82) is 0 Å². The van der Waals surface area contributed by atoms with E-state index in [0.717, 1.165) is 17.0 Å². The predicted octanol–water partition coefficient (Wildman–Crippen LogP) is 2.59. The molecule has 5 heteroatoms. The SMILES string of the molecule is Cc1cccc(CNCc2ccc([N+](=O)[O-])cc2)n1. The van der Waals surface area contributed by atoms with Crippen LogP contribution in [0.15, 0.2) is 42.5 Å². The number of benzene rings is 1. The van der Waals surface area contributed by atoms with Gasteiger partial charge in [-0.05, 0) is 24.6 Å². The van der Waals surface area contributed by atoms with E-state index >= 15 is 0 Å². The molecule has 1 heterocycles. The molecule has 0 aliphatic rings. The number of rotatable bonds is 5. The smallest absolute Gasteiger partial charge is 0.269 e. The second kappa shape index (κ2) is 6.06. The van der Waals surface area contributed by atoms with Gasteiger partial charge in [0.05, 0.1) is 10.6 Å². The molecule has 0 fully saturated rings. The van der Waals surface area contributed by atoms with E-state index in [1.54, 1.807) is 12.1 Å². The van der Waals surface area contributed by atoms with Crippen LogP contribution in [0.25, 0.3) is 0 Å². The average molecular weight is 257 g/mol. The predicted molar refractivity (Wildman–Crippen MR) is 72.6 cm³/mol. The quantitative estimate of drug-likeness (QED) is 0.660. The van der Waals surface area contributed by atoms with Gasteiger partial charge in [-0.2, -0.15) is 0 Å². The summed E-state index contributed by atoms with van der Waals surface area (Å²) >= 11 is 0. The zero-order valence-electron chi connectivity index (χ0n) is 10.7. The number of aromatic nitrogens is 1. The lowest BCUT2D eigenvalue weighted by atomic mass is 10.2. The van der Waals surface area contributed by atoms with E-state index in [9.17, 15) is 10.1 Å². The minimum absolute atomic E-state index is 0.115. The first-order valence-electron chi connectivity index (χ1n) is 6.02. The van der Waals surface area contributed by atoms with Crippen LogP contribution in [0.2, 0.25) is 0 Å². The molecule has 1 aromatic carbocycles. The monoisotopic (exact) mass is 257 g/mol. The summed E-state index contributed by atoms with van der Waals surface area (Å²) in [6.45, 7) is 3.30. The molecule has 0 aliphatic carbocycles. The summed E-state index contributed by atoms with van der Waals surface area (Å²) in [6.07, 6.45) is 0. The van der Waals surface area contributed by atoms with Crippen molar-refractivity contribution in [2.45, 2.75) is 20.0 Å². The normalized spacial score (nSPS) is 10.4. The van der Waals surface area contributed by atoms with Crippen molar-refractivity contribution in [2.24, 2.45) is 0 Å². The number of hydrogen-bond acceptors (Lipinski definition) is 4. The van der Waals surface area contributed by atoms with Crippen LogP contribution >= 0.6 is 0 Å². The van der Waals surface area contributed by atoms with Crippen molar-refractivity contribution >= 4 is 5.69 Å². The Bertz CT molecular complexity index is 567. The Balaban J connectivity index is 1.87. The third-order valence-electron chi connectivity index (χ3n) is 2.73. The summed E-state index contributed by atoms with van der Waals surface area (Å²) in [5.41, 5.74) is 3.11. The molecule has 0 saturated heterocycles. The summed E-state index contributed by atoms with van der Waals surface area (Å²) in [5, 5.41) is 13.8. The van der Waals surface area contributed by atoms with Crippen LogP contribution in [0.4, 0.5) is 5.69 Å². The van der Waals surface area contributed by atoms with Crippen LogP contribution in [-0.4, -0.2) is 9.91 Å². The van der Waals surface area contributed by atoms with Gasteiger partial charge in [-0.3, -0.25) is 15.1 Å². The number of nitrogens with zero attached hydrogens (tertiary/aromatic N) is 2. The number of hydrogen-bond donors (Lipinski definition) is 1. The molecule has 98 valence electrons. The Morgan fingerprint density at radius 1 is 1.16 bits per heavy atom. The van der Waals surface area contributed by atoms with Crippen LogP contribution in [-0.2, 0) is 13.1 Å². The van der Waals surface area contributed by atoms with Crippen molar-refractivity contribution < 1.29 is 4.92 Å². The van der Waals surface area contributed by atoms with E-state index in [1.165, 1.54) is 12.1 Å². The molecule has 0 atom stereocenters. The molecule has 1 N–H and O–H groups in total. The number of nitrogens with one attached hydrogen (secondary N) is 1. The van der Waals surface area contributed by atoms with E-state index in [4.69, 9.17) is 0 Å². The molecule has 0 saturated carbocycles. The Morgan fingerprint density at radius 2 is 1.89 bits per heavy atom. The number of nitro groups is 1. The molecular formula is C14H15N3O2. The largest absolute Gasteiger partial charge is 0.307 e. The molecule has 0 radical (unpaired) electrons. The third kappa shape index (κ3) is 3.86. The van der Waals surface area contributed by atoms with Crippen LogP contribution in [0.5, 0.6) is 0 Å². The van der Waals surface area contributed by atoms with Gasteiger partial charge in [-0.1, -0.05) is 18.2 Å². The van der Waals surface area contributed by atoms with Crippen molar-refractivity contribution in [3.05, 3.63) is 69.5 Å². The number of pyridine rings is 1. The first kappa shape index (κ1) is 13.2. The standard InChI is InChI=1S/C14H15N3O2/c1-11-3-2-4-13(16-11)10-15-9-12-5-7-14(8-6-12)17(18)19/h2-8,15H,9-10H2,1H3. The van der Waals surface area contributed by atoms with Gasteiger partial charge in [0.15, 0.2) is 0 Å². The zero-order valence-corrected chi connectivity index (χ0v) is 10.7. The van der Waals surface area contributed by atoms with E-state index in [1.807, 2.05) is 25.1 Å². The maximum atomic E-state index is 10.5. The van der Waals surface area contributed by atoms with Gasteiger partial charge in [0.25, 0.3) is 5.69 Å². The molecule has 1 aromatic heterocycles. The molecule has 0 spiro atoms. The van der Waals surface area contributed by atoms with Crippen molar-refractivity contribution in [3.63, 3.8) is 0 Å². The lowest BCUT2D eigenvalue weighted by molar-refractivity contribution is -0.384. The molecule has 0 aliphatic heterocycles. The summed E-state index contributed by atoms with van der Waals surface area (Å²) in [6, 6.07) is 12.5. The van der Waals surface area contributed by atoms with E-state index in [0.29, 0.717) is 13.1 Å². The number of aryl methyl sites for hydroxylation is 1. The van der Waals surface area contributed by atoms with Crippen molar-refractivity contribution in [1.82, 2.24) is 10.3 Å². The molecule has 19 heavy (non-hydrogen) atoms. The van der Waals surface area contributed by atoms with Gasteiger partial charge >= 0.3 is 0 Å². The Kier molecular flexibility index (Phi) is 4.20. The fraction of sp³-hybridized carbons (Fsp3) is 0.214. The molecule has 0 amide bonds. The molecule has 2 rings (SSSR count). The lowest BCUT2D eigenvalue weighted by Crippen LogP contribution is -2.13.